The largest absolute Gasteiger partial charge is 0.493 e. The van der Waals surface area contributed by atoms with Crippen LogP contribution in [0.15, 0.2) is 23.0 Å². The molecule has 2 aliphatic rings. The molecule has 0 unspecified atom stereocenters. The lowest BCUT2D eigenvalue weighted by molar-refractivity contribution is 0.122. The van der Waals surface area contributed by atoms with E-state index in [1.807, 2.05) is 12.1 Å². The molecule has 32 heavy (non-hydrogen) atoms. The molecule has 2 aromatic rings. The summed E-state index contributed by atoms with van der Waals surface area (Å²) in [6.45, 7) is 5.48. The number of H-pyrrole nitrogens is 1. The fraction of sp³-hybridized carbons (Fsp3) is 0.565. The molecule has 0 radical (unpaired) electrons. The Morgan fingerprint density at radius 1 is 1.00 bits per heavy atom. The number of benzene rings is 1. The molecule has 4 rings (SSSR count). The topological polar surface area (TPSA) is 89.2 Å². The van der Waals surface area contributed by atoms with E-state index in [9.17, 15) is 4.79 Å². The van der Waals surface area contributed by atoms with Crippen LogP contribution in [0.2, 0.25) is 0 Å². The number of piperidine rings is 1. The molecule has 1 aromatic carbocycles. The van der Waals surface area contributed by atoms with Crippen LogP contribution < -0.4 is 24.7 Å². The normalized spacial score (nSPS) is 17.9. The van der Waals surface area contributed by atoms with Crippen molar-refractivity contribution in [2.45, 2.75) is 25.3 Å². The van der Waals surface area contributed by atoms with E-state index < -0.39 is 0 Å². The van der Waals surface area contributed by atoms with E-state index in [4.69, 9.17) is 23.9 Å². The molecule has 2 saturated heterocycles. The zero-order valence-corrected chi connectivity index (χ0v) is 19.1. The molecule has 0 saturated carbocycles. The van der Waals surface area contributed by atoms with E-state index in [1.54, 1.807) is 27.4 Å². The molecule has 9 heteroatoms. The van der Waals surface area contributed by atoms with Gasteiger partial charge in [0.1, 0.15) is 0 Å². The summed E-state index contributed by atoms with van der Waals surface area (Å²) in [6.07, 6.45) is 1.92. The summed E-state index contributed by atoms with van der Waals surface area (Å²) in [5.41, 5.74) is 1.92. The first-order valence-electron chi connectivity index (χ1n) is 11.1. The minimum atomic E-state index is -0.0867. The highest BCUT2D eigenvalue weighted by atomic mass is 16.5. The monoisotopic (exact) mass is 444 g/mol. The molecule has 0 spiro atoms. The predicted molar refractivity (Wildman–Crippen MR) is 121 cm³/mol. The second-order valence-electron chi connectivity index (χ2n) is 8.18. The predicted octanol–water partition coefficient (Wildman–Crippen LogP) is 2.01. The summed E-state index contributed by atoms with van der Waals surface area (Å²) >= 11 is 0. The van der Waals surface area contributed by atoms with Gasteiger partial charge >= 0.3 is 0 Å². The molecule has 1 N–H and O–H groups in total. The summed E-state index contributed by atoms with van der Waals surface area (Å²) in [4.78, 5) is 24.5. The number of morpholine rings is 1. The Morgan fingerprint density at radius 2 is 1.66 bits per heavy atom. The van der Waals surface area contributed by atoms with Gasteiger partial charge < -0.3 is 23.8 Å². The van der Waals surface area contributed by atoms with Gasteiger partial charge in [-0.3, -0.25) is 14.7 Å². The average Bonchev–Trinajstić information content (AvgIpc) is 2.84. The van der Waals surface area contributed by atoms with Crippen molar-refractivity contribution < 1.29 is 18.9 Å². The molecular formula is C23H32N4O5. The van der Waals surface area contributed by atoms with Crippen molar-refractivity contribution in [1.29, 1.82) is 0 Å². The molecule has 2 fully saturated rings. The molecule has 0 amide bonds. The minimum Gasteiger partial charge on any atom is -0.493 e. The molecular weight excluding hydrogens is 412 g/mol. The van der Waals surface area contributed by atoms with Crippen LogP contribution in [0, 0.1) is 0 Å². The first kappa shape index (κ1) is 22.4. The third-order valence-electron chi connectivity index (χ3n) is 6.20. The Labute approximate surface area is 188 Å². The van der Waals surface area contributed by atoms with Crippen molar-refractivity contribution in [2.75, 3.05) is 65.6 Å². The highest BCUT2D eigenvalue weighted by Gasteiger charge is 2.24. The van der Waals surface area contributed by atoms with E-state index in [2.05, 4.69) is 14.8 Å². The van der Waals surface area contributed by atoms with Gasteiger partial charge in [0.15, 0.2) is 11.5 Å². The van der Waals surface area contributed by atoms with E-state index in [0.717, 1.165) is 56.8 Å². The van der Waals surface area contributed by atoms with Crippen molar-refractivity contribution in [3.05, 3.63) is 39.8 Å². The lowest BCUT2D eigenvalue weighted by Crippen LogP contribution is -2.39. The van der Waals surface area contributed by atoms with Gasteiger partial charge in [-0.1, -0.05) is 0 Å². The summed E-state index contributed by atoms with van der Waals surface area (Å²) in [7, 11) is 4.87. The molecule has 0 bridgehead atoms. The van der Waals surface area contributed by atoms with Gasteiger partial charge in [0.25, 0.3) is 5.56 Å². The highest BCUT2D eigenvalue weighted by molar-refractivity contribution is 5.53. The smallest absolute Gasteiger partial charge is 0.252 e. The van der Waals surface area contributed by atoms with E-state index >= 15 is 0 Å². The van der Waals surface area contributed by atoms with E-state index in [1.165, 1.54) is 0 Å². The number of aromatic amines is 1. The van der Waals surface area contributed by atoms with Gasteiger partial charge in [0.05, 0.1) is 40.2 Å². The Balaban J connectivity index is 1.42. The van der Waals surface area contributed by atoms with E-state index in [-0.39, 0.29) is 11.5 Å². The standard InChI is InChI=1S/C23H32N4O5/c1-29-19-12-16(13-20(30-2)22(19)31-3)15-26-6-4-17(5-7-26)18-14-21(28)25-23(24-18)27-8-10-32-11-9-27/h12-14,17H,4-11,15H2,1-3H3,(H,24,25,28). The summed E-state index contributed by atoms with van der Waals surface area (Å²) < 4.78 is 21.8. The Bertz CT molecular complexity index is 940. The molecule has 174 valence electrons. The summed E-state index contributed by atoms with van der Waals surface area (Å²) in [6, 6.07) is 5.66. The average molecular weight is 445 g/mol. The van der Waals surface area contributed by atoms with Crippen LogP contribution in [0.5, 0.6) is 17.2 Å². The van der Waals surface area contributed by atoms with Crippen molar-refractivity contribution in [1.82, 2.24) is 14.9 Å². The van der Waals surface area contributed by atoms with Crippen LogP contribution in [0.1, 0.15) is 30.0 Å². The maximum Gasteiger partial charge on any atom is 0.252 e. The fourth-order valence-electron chi connectivity index (χ4n) is 4.47. The van der Waals surface area contributed by atoms with Gasteiger partial charge in [-0.2, -0.15) is 0 Å². The number of rotatable bonds is 7. The zero-order chi connectivity index (χ0) is 22.5. The maximum atomic E-state index is 12.3. The van der Waals surface area contributed by atoms with Crippen LogP contribution in [0.25, 0.3) is 0 Å². The van der Waals surface area contributed by atoms with Gasteiger partial charge in [-0.25, -0.2) is 4.98 Å². The Kier molecular flexibility index (Phi) is 7.16. The molecule has 1 aromatic heterocycles. The number of likely N-dealkylation sites (tertiary alicyclic amines) is 1. The van der Waals surface area contributed by atoms with Crippen molar-refractivity contribution >= 4 is 5.95 Å². The zero-order valence-electron chi connectivity index (χ0n) is 19.1. The molecule has 0 atom stereocenters. The SMILES string of the molecule is COc1cc(CN2CCC(c3cc(=O)[nH]c(N4CCOCC4)n3)CC2)cc(OC)c1OC. The number of anilines is 1. The third kappa shape index (κ3) is 4.99. The van der Waals surface area contributed by atoms with Gasteiger partial charge in [-0.15, -0.1) is 0 Å². The first-order chi connectivity index (χ1) is 15.6. The number of aromatic nitrogens is 2. The van der Waals surface area contributed by atoms with Crippen LogP contribution in [-0.2, 0) is 11.3 Å². The molecule has 3 heterocycles. The van der Waals surface area contributed by atoms with E-state index in [0.29, 0.717) is 36.4 Å². The van der Waals surface area contributed by atoms with Crippen molar-refractivity contribution in [2.24, 2.45) is 0 Å². The number of hydrogen-bond donors (Lipinski definition) is 1. The van der Waals surface area contributed by atoms with Crippen LogP contribution in [-0.4, -0.2) is 75.6 Å². The van der Waals surface area contributed by atoms with Crippen LogP contribution in [0.4, 0.5) is 5.95 Å². The number of nitrogens with one attached hydrogen (secondary N) is 1. The molecule has 2 aliphatic heterocycles. The summed E-state index contributed by atoms with van der Waals surface area (Å²) in [5.74, 6) is 2.89. The Morgan fingerprint density at radius 3 is 2.25 bits per heavy atom. The summed E-state index contributed by atoms with van der Waals surface area (Å²) in [5, 5.41) is 0. The lowest BCUT2D eigenvalue weighted by atomic mass is 9.93. The van der Waals surface area contributed by atoms with Gasteiger partial charge in [0, 0.05) is 31.6 Å². The first-order valence-corrected chi connectivity index (χ1v) is 11.1. The van der Waals surface area contributed by atoms with Crippen molar-refractivity contribution in [3.8, 4) is 17.2 Å². The van der Waals surface area contributed by atoms with Crippen molar-refractivity contribution in [3.63, 3.8) is 0 Å². The Hall–Kier alpha value is -2.78. The molecule has 0 aliphatic carbocycles. The van der Waals surface area contributed by atoms with Crippen LogP contribution >= 0.6 is 0 Å². The molecule has 9 nitrogen and oxygen atoms in total. The number of ether oxygens (including phenoxy) is 4. The van der Waals surface area contributed by atoms with Crippen LogP contribution in [0.3, 0.4) is 0 Å². The number of methoxy groups -OCH3 is 3. The number of hydrogen-bond acceptors (Lipinski definition) is 8. The second-order valence-corrected chi connectivity index (χ2v) is 8.18. The minimum absolute atomic E-state index is 0.0867. The fourth-order valence-corrected chi connectivity index (χ4v) is 4.47. The van der Waals surface area contributed by atoms with Gasteiger partial charge in [-0.05, 0) is 43.6 Å². The maximum absolute atomic E-state index is 12.3. The highest BCUT2D eigenvalue weighted by Crippen LogP contribution is 2.39. The second kappa shape index (κ2) is 10.2. The quantitative estimate of drug-likeness (QED) is 0.694. The number of nitrogens with zero attached hydrogens (tertiary/aromatic N) is 3. The lowest BCUT2D eigenvalue weighted by Gasteiger charge is -2.32. The van der Waals surface area contributed by atoms with Gasteiger partial charge in [0.2, 0.25) is 11.7 Å². The third-order valence-corrected chi connectivity index (χ3v) is 6.20.